The highest BCUT2D eigenvalue weighted by Crippen LogP contribution is 2.39. The molecule has 0 aromatic carbocycles. The van der Waals surface area contributed by atoms with Crippen LogP contribution >= 0.6 is 23.3 Å². The maximum atomic E-state index is 9.51. The minimum absolute atomic E-state index is 0.103. The molecule has 6 heteroatoms. The van der Waals surface area contributed by atoms with Gasteiger partial charge in [-0.1, -0.05) is 0 Å². The highest BCUT2D eigenvalue weighted by atomic mass is 32.2. The van der Waals surface area contributed by atoms with Gasteiger partial charge in [0.15, 0.2) is 0 Å². The van der Waals surface area contributed by atoms with E-state index < -0.39 is 0 Å². The molecule has 2 aliphatic rings. The van der Waals surface area contributed by atoms with Gasteiger partial charge >= 0.3 is 0 Å². The van der Waals surface area contributed by atoms with E-state index in [0.717, 1.165) is 45.1 Å². The molecule has 2 aliphatic heterocycles. The van der Waals surface area contributed by atoms with E-state index in [1.807, 2.05) is 0 Å². The minimum Gasteiger partial charge on any atom is -0.390 e. The lowest BCUT2D eigenvalue weighted by molar-refractivity contribution is 0.0370. The molecule has 0 bridgehead atoms. The number of hydrogen-bond acceptors (Lipinski definition) is 6. The third kappa shape index (κ3) is 3.14. The molecule has 19 heavy (non-hydrogen) atoms. The van der Waals surface area contributed by atoms with Gasteiger partial charge in [0.1, 0.15) is 0 Å². The summed E-state index contributed by atoms with van der Waals surface area (Å²) in [5, 5.41) is 11.6. The molecule has 0 spiro atoms. The largest absolute Gasteiger partial charge is 0.390 e. The van der Waals surface area contributed by atoms with E-state index in [-0.39, 0.29) is 6.61 Å². The van der Waals surface area contributed by atoms with Gasteiger partial charge in [0.25, 0.3) is 0 Å². The Morgan fingerprint density at radius 1 is 1.26 bits per heavy atom. The van der Waals surface area contributed by atoms with E-state index in [4.69, 9.17) is 4.74 Å². The number of aliphatic hydroxyl groups is 1. The zero-order valence-corrected chi connectivity index (χ0v) is 12.4. The van der Waals surface area contributed by atoms with Crippen molar-refractivity contribution < 1.29 is 9.84 Å². The Morgan fingerprint density at radius 2 is 2.11 bits per heavy atom. The SMILES string of the molecule is OCC1=Cc2ccsc2SN1CCN1CCOCC1. The van der Waals surface area contributed by atoms with Crippen molar-refractivity contribution in [2.45, 2.75) is 4.21 Å². The molecule has 1 aromatic rings. The van der Waals surface area contributed by atoms with Gasteiger partial charge in [0.05, 0.1) is 29.7 Å². The van der Waals surface area contributed by atoms with Crippen LogP contribution < -0.4 is 0 Å². The van der Waals surface area contributed by atoms with E-state index in [9.17, 15) is 5.11 Å². The fourth-order valence-corrected chi connectivity index (χ4v) is 4.31. The van der Waals surface area contributed by atoms with E-state index in [1.165, 1.54) is 9.77 Å². The Kier molecular flexibility index (Phi) is 4.45. The second-order valence-corrected chi connectivity index (χ2v) is 6.81. The standard InChI is InChI=1S/C13H18N2O2S2/c16-10-12-9-11-1-8-18-13(11)19-15(12)3-2-14-4-6-17-7-5-14/h1,8-9,16H,2-7,10H2. The molecule has 1 fully saturated rings. The van der Waals surface area contributed by atoms with Crippen LogP contribution in [0.25, 0.3) is 6.08 Å². The number of nitrogens with zero attached hydrogens (tertiary/aromatic N) is 2. The molecule has 3 heterocycles. The van der Waals surface area contributed by atoms with Crippen LogP contribution in [0.1, 0.15) is 5.56 Å². The number of thiophene rings is 1. The second-order valence-electron chi connectivity index (χ2n) is 4.60. The third-order valence-corrected chi connectivity index (χ3v) is 5.65. The van der Waals surface area contributed by atoms with Gasteiger partial charge in [-0.2, -0.15) is 0 Å². The predicted octanol–water partition coefficient (Wildman–Crippen LogP) is 1.74. The fraction of sp³-hybridized carbons (Fsp3) is 0.538. The molecule has 0 amide bonds. The maximum Gasteiger partial charge on any atom is 0.0882 e. The molecule has 0 atom stereocenters. The van der Waals surface area contributed by atoms with Crippen LogP contribution in [-0.4, -0.2) is 60.3 Å². The van der Waals surface area contributed by atoms with Crippen molar-refractivity contribution >= 4 is 29.4 Å². The predicted molar refractivity (Wildman–Crippen MR) is 79.2 cm³/mol. The topological polar surface area (TPSA) is 35.9 Å². The molecule has 0 aliphatic carbocycles. The van der Waals surface area contributed by atoms with Gasteiger partial charge in [0.2, 0.25) is 0 Å². The number of aliphatic hydroxyl groups excluding tert-OH is 1. The molecule has 104 valence electrons. The minimum atomic E-state index is 0.103. The first kappa shape index (κ1) is 13.5. The summed E-state index contributed by atoms with van der Waals surface area (Å²) in [6.45, 7) is 5.77. The lowest BCUT2D eigenvalue weighted by Crippen LogP contribution is -2.40. The lowest BCUT2D eigenvalue weighted by Gasteiger charge is -2.32. The molecule has 4 nitrogen and oxygen atoms in total. The van der Waals surface area contributed by atoms with Crippen molar-refractivity contribution in [3.8, 4) is 0 Å². The van der Waals surface area contributed by atoms with E-state index in [2.05, 4.69) is 26.7 Å². The van der Waals surface area contributed by atoms with Crippen LogP contribution in [-0.2, 0) is 4.74 Å². The highest BCUT2D eigenvalue weighted by molar-refractivity contribution is 7.99. The first-order chi connectivity index (χ1) is 9.36. The Hall–Kier alpha value is -0.530. The van der Waals surface area contributed by atoms with Crippen LogP contribution in [0, 0.1) is 0 Å². The van der Waals surface area contributed by atoms with Gasteiger partial charge in [-0.05, 0) is 29.5 Å². The van der Waals surface area contributed by atoms with Gasteiger partial charge in [0, 0.05) is 31.7 Å². The number of fused-ring (bicyclic) bond motifs is 1. The van der Waals surface area contributed by atoms with Crippen molar-refractivity contribution in [3.63, 3.8) is 0 Å². The summed E-state index contributed by atoms with van der Waals surface area (Å²) in [4.78, 5) is 2.42. The van der Waals surface area contributed by atoms with E-state index >= 15 is 0 Å². The average Bonchev–Trinajstić information content (AvgIpc) is 2.92. The molecular weight excluding hydrogens is 280 g/mol. The third-order valence-electron chi connectivity index (χ3n) is 3.38. The van der Waals surface area contributed by atoms with Crippen LogP contribution in [0.3, 0.4) is 0 Å². The molecule has 0 radical (unpaired) electrons. The fourth-order valence-electron chi connectivity index (χ4n) is 2.27. The van der Waals surface area contributed by atoms with Crippen molar-refractivity contribution in [1.29, 1.82) is 0 Å². The van der Waals surface area contributed by atoms with Crippen LogP contribution in [0.15, 0.2) is 21.4 Å². The molecule has 1 saturated heterocycles. The summed E-state index contributed by atoms with van der Waals surface area (Å²) in [5.41, 5.74) is 2.24. The Morgan fingerprint density at radius 3 is 2.89 bits per heavy atom. The first-order valence-corrected chi connectivity index (χ1v) is 8.16. The Labute approximate surface area is 121 Å². The zero-order chi connectivity index (χ0) is 13.1. The van der Waals surface area contributed by atoms with Gasteiger partial charge in [-0.15, -0.1) is 11.3 Å². The van der Waals surface area contributed by atoms with Gasteiger partial charge in [-0.25, -0.2) is 0 Å². The Bertz CT molecular complexity index is 455. The lowest BCUT2D eigenvalue weighted by atomic mass is 10.2. The molecule has 3 rings (SSSR count). The number of ether oxygens (including phenoxy) is 1. The molecule has 1 aromatic heterocycles. The molecule has 0 unspecified atom stereocenters. The summed E-state index contributed by atoms with van der Waals surface area (Å²) in [6, 6.07) is 2.11. The van der Waals surface area contributed by atoms with Crippen molar-refractivity contribution in [2.75, 3.05) is 46.0 Å². The normalized spacial score (nSPS) is 20.3. The molecular formula is C13H18N2O2S2. The van der Waals surface area contributed by atoms with E-state index in [0.29, 0.717) is 0 Å². The monoisotopic (exact) mass is 298 g/mol. The quantitative estimate of drug-likeness (QED) is 0.857. The van der Waals surface area contributed by atoms with Crippen LogP contribution in [0.4, 0.5) is 0 Å². The second kappa shape index (κ2) is 6.28. The summed E-state index contributed by atoms with van der Waals surface area (Å²) in [6.07, 6.45) is 2.10. The van der Waals surface area contributed by atoms with Gasteiger partial charge in [-0.3, -0.25) is 4.90 Å². The van der Waals surface area contributed by atoms with Crippen molar-refractivity contribution in [3.05, 3.63) is 22.7 Å². The summed E-state index contributed by atoms with van der Waals surface area (Å²) < 4.78 is 8.89. The molecule has 1 N–H and O–H groups in total. The number of morpholine rings is 1. The first-order valence-electron chi connectivity index (χ1n) is 6.51. The van der Waals surface area contributed by atoms with Crippen molar-refractivity contribution in [1.82, 2.24) is 9.21 Å². The van der Waals surface area contributed by atoms with Gasteiger partial charge < -0.3 is 14.1 Å². The summed E-state index contributed by atoms with van der Waals surface area (Å²) in [7, 11) is 0. The van der Waals surface area contributed by atoms with E-state index in [1.54, 1.807) is 23.3 Å². The van der Waals surface area contributed by atoms with Crippen LogP contribution in [0.5, 0.6) is 0 Å². The number of hydrogen-bond donors (Lipinski definition) is 1. The average molecular weight is 298 g/mol. The smallest absolute Gasteiger partial charge is 0.0882 e. The zero-order valence-electron chi connectivity index (χ0n) is 10.7. The Balaban J connectivity index is 1.61. The highest BCUT2D eigenvalue weighted by Gasteiger charge is 2.20. The maximum absolute atomic E-state index is 9.51. The van der Waals surface area contributed by atoms with Crippen LogP contribution in [0.2, 0.25) is 0 Å². The summed E-state index contributed by atoms with van der Waals surface area (Å²) >= 11 is 3.52. The summed E-state index contributed by atoms with van der Waals surface area (Å²) in [5.74, 6) is 0. The molecule has 0 saturated carbocycles. The van der Waals surface area contributed by atoms with Crippen molar-refractivity contribution in [2.24, 2.45) is 0 Å². The number of rotatable bonds is 4.